The molecule has 3 nitrogen and oxygen atoms in total. The Morgan fingerprint density at radius 2 is 2.19 bits per heavy atom. The molecule has 1 saturated heterocycles. The number of esters is 1. The van der Waals surface area contributed by atoms with Crippen molar-refractivity contribution in [3.63, 3.8) is 0 Å². The van der Waals surface area contributed by atoms with E-state index in [1.807, 2.05) is 13.0 Å². The van der Waals surface area contributed by atoms with Crippen LogP contribution in [-0.2, 0) is 30.9 Å². The Morgan fingerprint density at radius 3 is 2.86 bits per heavy atom. The van der Waals surface area contributed by atoms with E-state index < -0.39 is 0 Å². The van der Waals surface area contributed by atoms with Gasteiger partial charge in [-0.2, -0.15) is 0 Å². The lowest BCUT2D eigenvalue weighted by Gasteiger charge is -2.14. The Hall–Kier alpha value is -1.00. The summed E-state index contributed by atoms with van der Waals surface area (Å²) in [6.45, 7) is 3.18. The number of rotatable bonds is 7. The minimum absolute atomic E-state index is 0.0385. The predicted octanol–water partition coefficient (Wildman–Crippen LogP) is 2.79. The summed E-state index contributed by atoms with van der Waals surface area (Å²) in [5, 5.41) is 0. The van der Waals surface area contributed by atoms with Crippen LogP contribution in [0.15, 0.2) is 30.3 Å². The molecule has 1 aliphatic heterocycles. The summed E-state index contributed by atoms with van der Waals surface area (Å²) in [6.07, 6.45) is 4.42. The Morgan fingerprint density at radius 1 is 1.43 bits per heavy atom. The van der Waals surface area contributed by atoms with Crippen LogP contribution in [0.5, 0.6) is 0 Å². The standard InChI is InChI=1S/C17H25O3S/c1-14(17(18)20-11-16-9-6-10-19-16)12-21(2)13-15-7-4-3-5-8-15/h3-5,7-8,14,16H,6,9-13H2,1-2H3/q+1. The van der Waals surface area contributed by atoms with E-state index in [4.69, 9.17) is 9.47 Å². The molecule has 1 aromatic rings. The first kappa shape index (κ1) is 16.4. The lowest BCUT2D eigenvalue weighted by atomic mass is 10.2. The second-order valence-electron chi connectivity index (χ2n) is 5.74. The molecule has 0 radical (unpaired) electrons. The van der Waals surface area contributed by atoms with Crippen molar-refractivity contribution in [1.82, 2.24) is 0 Å². The minimum atomic E-state index is -0.0853. The van der Waals surface area contributed by atoms with Gasteiger partial charge >= 0.3 is 5.97 Å². The van der Waals surface area contributed by atoms with Crippen molar-refractivity contribution in [2.24, 2.45) is 5.92 Å². The van der Waals surface area contributed by atoms with Crippen molar-refractivity contribution in [2.75, 3.05) is 25.2 Å². The number of carbonyl (C=O) groups is 1. The molecule has 1 heterocycles. The second-order valence-corrected chi connectivity index (χ2v) is 7.93. The smallest absolute Gasteiger partial charge is 0.313 e. The van der Waals surface area contributed by atoms with Gasteiger partial charge in [0.05, 0.1) is 18.3 Å². The molecule has 0 aliphatic carbocycles. The molecule has 0 spiro atoms. The van der Waals surface area contributed by atoms with Crippen LogP contribution in [0.3, 0.4) is 0 Å². The van der Waals surface area contributed by atoms with E-state index in [2.05, 4.69) is 30.5 Å². The van der Waals surface area contributed by atoms with Crippen LogP contribution in [0.1, 0.15) is 25.3 Å². The van der Waals surface area contributed by atoms with Crippen molar-refractivity contribution in [1.29, 1.82) is 0 Å². The average Bonchev–Trinajstić information content (AvgIpc) is 2.98. The number of carbonyl (C=O) groups excluding carboxylic acids is 1. The second kappa shape index (κ2) is 8.44. The summed E-state index contributed by atoms with van der Waals surface area (Å²) in [7, 11) is 0.191. The minimum Gasteiger partial charge on any atom is -0.463 e. The van der Waals surface area contributed by atoms with E-state index in [1.54, 1.807) is 0 Å². The molecular formula is C17H25O3S+. The quantitative estimate of drug-likeness (QED) is 0.574. The van der Waals surface area contributed by atoms with Crippen molar-refractivity contribution in [3.05, 3.63) is 35.9 Å². The predicted molar refractivity (Wildman–Crippen MR) is 87.4 cm³/mol. The van der Waals surface area contributed by atoms with Crippen LogP contribution in [0.2, 0.25) is 0 Å². The zero-order valence-electron chi connectivity index (χ0n) is 12.9. The average molecular weight is 309 g/mol. The largest absolute Gasteiger partial charge is 0.463 e. The van der Waals surface area contributed by atoms with Crippen molar-refractivity contribution < 1.29 is 14.3 Å². The maximum atomic E-state index is 12.0. The SMILES string of the molecule is CC(C[S+](C)Cc1ccccc1)C(=O)OCC1CCCO1. The fourth-order valence-electron chi connectivity index (χ4n) is 2.51. The Bertz CT molecular complexity index is 429. The maximum Gasteiger partial charge on any atom is 0.313 e. The molecule has 3 atom stereocenters. The zero-order chi connectivity index (χ0) is 15.1. The highest BCUT2D eigenvalue weighted by atomic mass is 32.2. The molecule has 0 amide bonds. The molecule has 1 fully saturated rings. The first-order chi connectivity index (χ1) is 10.1. The van der Waals surface area contributed by atoms with Gasteiger partial charge in [-0.1, -0.05) is 30.3 Å². The fourth-order valence-corrected chi connectivity index (χ4v) is 4.37. The third kappa shape index (κ3) is 5.71. The molecule has 0 bridgehead atoms. The number of hydrogen-bond donors (Lipinski definition) is 0. The Kier molecular flexibility index (Phi) is 6.58. The van der Waals surface area contributed by atoms with Gasteiger partial charge in [-0.3, -0.25) is 4.79 Å². The van der Waals surface area contributed by atoms with Crippen molar-refractivity contribution in [2.45, 2.75) is 31.6 Å². The number of hydrogen-bond acceptors (Lipinski definition) is 3. The van der Waals surface area contributed by atoms with Crippen LogP contribution >= 0.6 is 0 Å². The lowest BCUT2D eigenvalue weighted by molar-refractivity contribution is -0.150. The molecule has 0 saturated carbocycles. The molecular weight excluding hydrogens is 284 g/mol. The van der Waals surface area contributed by atoms with Crippen LogP contribution in [-0.4, -0.2) is 37.3 Å². The normalized spacial score (nSPS) is 21.0. The summed E-state index contributed by atoms with van der Waals surface area (Å²) in [6, 6.07) is 10.4. The van der Waals surface area contributed by atoms with Crippen LogP contribution in [0.25, 0.3) is 0 Å². The topological polar surface area (TPSA) is 35.5 Å². The summed E-state index contributed by atoms with van der Waals surface area (Å²) in [5.74, 6) is 1.80. The van der Waals surface area contributed by atoms with Crippen LogP contribution < -0.4 is 0 Å². The third-order valence-corrected chi connectivity index (χ3v) is 5.52. The highest BCUT2D eigenvalue weighted by molar-refractivity contribution is 7.95. The molecule has 4 heteroatoms. The zero-order valence-corrected chi connectivity index (χ0v) is 13.7. The van der Waals surface area contributed by atoms with Crippen molar-refractivity contribution in [3.8, 4) is 0 Å². The summed E-state index contributed by atoms with van der Waals surface area (Å²) >= 11 is 0. The number of ether oxygens (including phenoxy) is 2. The van der Waals surface area contributed by atoms with E-state index in [-0.39, 0.29) is 28.9 Å². The van der Waals surface area contributed by atoms with Gasteiger partial charge in [0.2, 0.25) is 0 Å². The van der Waals surface area contributed by atoms with Gasteiger partial charge in [0.25, 0.3) is 0 Å². The van der Waals surface area contributed by atoms with E-state index in [0.29, 0.717) is 6.61 Å². The lowest BCUT2D eigenvalue weighted by Crippen LogP contribution is -2.26. The molecule has 1 aromatic carbocycles. The highest BCUT2D eigenvalue weighted by Gasteiger charge is 2.25. The van der Waals surface area contributed by atoms with Gasteiger partial charge in [-0.05, 0) is 30.7 Å². The van der Waals surface area contributed by atoms with Crippen LogP contribution in [0, 0.1) is 5.92 Å². The molecule has 0 aromatic heterocycles. The summed E-state index contributed by atoms with van der Waals surface area (Å²) in [5.41, 5.74) is 1.34. The van der Waals surface area contributed by atoms with E-state index in [1.165, 1.54) is 5.56 Å². The monoisotopic (exact) mass is 309 g/mol. The van der Waals surface area contributed by atoms with Gasteiger partial charge < -0.3 is 9.47 Å². The van der Waals surface area contributed by atoms with Crippen LogP contribution in [0.4, 0.5) is 0 Å². The number of benzene rings is 1. The first-order valence-electron chi connectivity index (χ1n) is 7.56. The Balaban J connectivity index is 1.69. The summed E-state index contributed by atoms with van der Waals surface area (Å²) in [4.78, 5) is 12.0. The molecule has 2 rings (SSSR count). The van der Waals surface area contributed by atoms with E-state index in [0.717, 1.165) is 31.0 Å². The van der Waals surface area contributed by atoms with E-state index >= 15 is 0 Å². The van der Waals surface area contributed by atoms with Gasteiger partial charge in [0, 0.05) is 12.2 Å². The van der Waals surface area contributed by atoms with Gasteiger partial charge in [-0.25, -0.2) is 0 Å². The first-order valence-corrected chi connectivity index (χ1v) is 9.53. The molecule has 21 heavy (non-hydrogen) atoms. The van der Waals surface area contributed by atoms with Gasteiger partial charge in [0.15, 0.2) is 0 Å². The summed E-state index contributed by atoms with van der Waals surface area (Å²) < 4.78 is 10.8. The molecule has 0 N–H and O–H groups in total. The Labute approximate surface area is 130 Å². The maximum absolute atomic E-state index is 12.0. The molecule has 3 unspecified atom stereocenters. The van der Waals surface area contributed by atoms with E-state index in [9.17, 15) is 4.79 Å². The third-order valence-electron chi connectivity index (χ3n) is 3.63. The molecule has 1 aliphatic rings. The van der Waals surface area contributed by atoms with Crippen molar-refractivity contribution >= 4 is 16.9 Å². The van der Waals surface area contributed by atoms with Gasteiger partial charge in [-0.15, -0.1) is 0 Å². The highest BCUT2D eigenvalue weighted by Crippen LogP contribution is 2.14. The fraction of sp³-hybridized carbons (Fsp3) is 0.588. The molecule has 116 valence electrons. The van der Waals surface area contributed by atoms with Gasteiger partial charge in [0.1, 0.15) is 18.1 Å².